The number of esters is 2. The molecule has 4 nitrogen and oxygen atoms in total. The Morgan fingerprint density at radius 3 is 2.25 bits per heavy atom. The topological polar surface area (TPSA) is 52.6 Å². The number of hydrogen-bond acceptors (Lipinski definition) is 5. The first-order chi connectivity index (χ1) is 9.31. The Bertz CT molecular complexity index is 500. The number of carbonyl (C=O) groups excluding carboxylic acids is 2. The lowest BCUT2D eigenvalue weighted by atomic mass is 10.2. The minimum atomic E-state index is -0.605. The molecule has 0 radical (unpaired) electrons. The van der Waals surface area contributed by atoms with Gasteiger partial charge in [0.25, 0.3) is 0 Å². The molecule has 0 heterocycles. The van der Waals surface area contributed by atoms with Crippen molar-refractivity contribution in [3.8, 4) is 0 Å². The minimum Gasteiger partial charge on any atom is -0.465 e. The Kier molecular flexibility index (Phi) is 5.82. The summed E-state index contributed by atoms with van der Waals surface area (Å²) >= 11 is 1.16. The fourth-order valence-electron chi connectivity index (χ4n) is 1.28. The van der Waals surface area contributed by atoms with E-state index in [0.29, 0.717) is 0 Å². The highest BCUT2D eigenvalue weighted by Crippen LogP contribution is 2.27. The van der Waals surface area contributed by atoms with Crippen LogP contribution in [0, 0.1) is 0 Å². The minimum absolute atomic E-state index is 0.188. The van der Waals surface area contributed by atoms with Crippen LogP contribution in [0.4, 0.5) is 0 Å². The summed E-state index contributed by atoms with van der Waals surface area (Å²) in [7, 11) is 1.27. The van der Waals surface area contributed by atoms with Crippen LogP contribution >= 0.6 is 11.8 Å². The van der Waals surface area contributed by atoms with Crippen LogP contribution in [0.1, 0.15) is 20.8 Å². The zero-order valence-corrected chi connectivity index (χ0v) is 12.8. The van der Waals surface area contributed by atoms with Crippen molar-refractivity contribution >= 4 is 23.7 Å². The van der Waals surface area contributed by atoms with Gasteiger partial charge in [0.1, 0.15) is 10.5 Å². The summed E-state index contributed by atoms with van der Waals surface area (Å²) in [5.41, 5.74) is -0.605. The van der Waals surface area contributed by atoms with Gasteiger partial charge in [-0.1, -0.05) is 30.0 Å². The lowest BCUT2D eigenvalue weighted by Gasteiger charge is -2.18. The van der Waals surface area contributed by atoms with Gasteiger partial charge in [-0.25, -0.2) is 9.59 Å². The first-order valence-electron chi connectivity index (χ1n) is 6.08. The molecule has 0 amide bonds. The number of hydrogen-bond donors (Lipinski definition) is 0. The Balaban J connectivity index is 2.90. The Morgan fingerprint density at radius 1 is 1.15 bits per heavy atom. The van der Waals surface area contributed by atoms with E-state index in [9.17, 15) is 9.59 Å². The van der Waals surface area contributed by atoms with Crippen LogP contribution in [-0.4, -0.2) is 24.6 Å². The summed E-state index contributed by atoms with van der Waals surface area (Å²) in [5.74, 6) is -1.13. The maximum atomic E-state index is 11.8. The molecule has 1 rings (SSSR count). The molecule has 0 saturated carbocycles. The second kappa shape index (κ2) is 7.14. The summed E-state index contributed by atoms with van der Waals surface area (Å²) < 4.78 is 9.84. The second-order valence-corrected chi connectivity index (χ2v) is 6.06. The van der Waals surface area contributed by atoms with E-state index in [1.165, 1.54) is 7.11 Å². The van der Waals surface area contributed by atoms with Crippen LogP contribution in [0.2, 0.25) is 0 Å². The average Bonchev–Trinajstić information content (AvgIpc) is 2.36. The third-order valence-corrected chi connectivity index (χ3v) is 3.03. The number of methoxy groups -OCH3 is 1. The molecule has 0 atom stereocenters. The third-order valence-electron chi connectivity index (χ3n) is 2.01. The summed E-state index contributed by atoms with van der Waals surface area (Å²) in [5, 5.41) is 0. The molecule has 0 unspecified atom stereocenters. The second-order valence-electron chi connectivity index (χ2n) is 4.95. The van der Waals surface area contributed by atoms with E-state index in [1.54, 1.807) is 20.8 Å². The van der Waals surface area contributed by atoms with Crippen molar-refractivity contribution in [3.63, 3.8) is 0 Å². The van der Waals surface area contributed by atoms with Crippen molar-refractivity contribution in [1.82, 2.24) is 0 Å². The van der Waals surface area contributed by atoms with Crippen LogP contribution in [0.3, 0.4) is 0 Å². The van der Waals surface area contributed by atoms with Crippen LogP contribution in [0.5, 0.6) is 0 Å². The Labute approximate surface area is 123 Å². The van der Waals surface area contributed by atoms with Gasteiger partial charge in [0, 0.05) is 11.0 Å². The Morgan fingerprint density at radius 2 is 1.75 bits per heavy atom. The molecule has 0 aliphatic rings. The van der Waals surface area contributed by atoms with Gasteiger partial charge in [-0.05, 0) is 32.9 Å². The van der Waals surface area contributed by atoms with E-state index in [2.05, 4.69) is 4.74 Å². The van der Waals surface area contributed by atoms with Gasteiger partial charge in [0.05, 0.1) is 7.11 Å². The number of benzene rings is 1. The molecule has 0 spiro atoms. The zero-order chi connectivity index (χ0) is 15.2. The fourth-order valence-corrected chi connectivity index (χ4v) is 2.15. The number of carbonyl (C=O) groups is 2. The van der Waals surface area contributed by atoms with Gasteiger partial charge in [-0.3, -0.25) is 0 Å². The van der Waals surface area contributed by atoms with Gasteiger partial charge in [0.15, 0.2) is 0 Å². The van der Waals surface area contributed by atoms with Gasteiger partial charge in [-0.15, -0.1) is 0 Å². The van der Waals surface area contributed by atoms with Crippen molar-refractivity contribution in [2.24, 2.45) is 0 Å². The van der Waals surface area contributed by atoms with E-state index < -0.39 is 17.5 Å². The summed E-state index contributed by atoms with van der Waals surface area (Å²) in [6.07, 6.45) is 1.16. The SMILES string of the molecule is COC(=O)C(=CC(=O)OC(C)(C)C)Sc1ccccc1. The maximum absolute atomic E-state index is 11.8. The van der Waals surface area contributed by atoms with Crippen LogP contribution in [-0.2, 0) is 19.1 Å². The molecule has 5 heteroatoms. The van der Waals surface area contributed by atoms with E-state index in [4.69, 9.17) is 4.74 Å². The molecule has 0 aliphatic heterocycles. The quantitative estimate of drug-likeness (QED) is 0.485. The predicted molar refractivity (Wildman–Crippen MR) is 78.2 cm³/mol. The number of thioether (sulfide) groups is 1. The lowest BCUT2D eigenvalue weighted by molar-refractivity contribution is -0.149. The summed E-state index contributed by atoms with van der Waals surface area (Å²) in [4.78, 5) is 24.5. The van der Waals surface area contributed by atoms with E-state index >= 15 is 0 Å². The zero-order valence-electron chi connectivity index (χ0n) is 12.0. The molecule has 0 fully saturated rings. The monoisotopic (exact) mass is 294 g/mol. The molecule has 0 saturated heterocycles. The summed E-state index contributed by atoms with van der Waals surface area (Å²) in [6, 6.07) is 9.27. The van der Waals surface area contributed by atoms with Gasteiger partial charge < -0.3 is 9.47 Å². The first-order valence-corrected chi connectivity index (χ1v) is 6.89. The normalized spacial score (nSPS) is 11.9. The van der Waals surface area contributed by atoms with Crippen molar-refractivity contribution in [2.45, 2.75) is 31.3 Å². The molecule has 108 valence electrons. The maximum Gasteiger partial charge on any atom is 0.344 e. The van der Waals surface area contributed by atoms with Crippen LogP contribution in [0.15, 0.2) is 46.2 Å². The highest BCUT2D eigenvalue weighted by Gasteiger charge is 2.18. The molecule has 0 aromatic heterocycles. The number of ether oxygens (including phenoxy) is 2. The summed E-state index contributed by atoms with van der Waals surface area (Å²) in [6.45, 7) is 5.29. The molecule has 1 aromatic carbocycles. The van der Waals surface area contributed by atoms with Crippen molar-refractivity contribution in [2.75, 3.05) is 7.11 Å². The van der Waals surface area contributed by atoms with E-state index in [0.717, 1.165) is 22.7 Å². The molecule has 0 aliphatic carbocycles. The molecular weight excluding hydrogens is 276 g/mol. The fraction of sp³-hybridized carbons (Fsp3) is 0.333. The smallest absolute Gasteiger partial charge is 0.344 e. The van der Waals surface area contributed by atoms with Crippen LogP contribution < -0.4 is 0 Å². The van der Waals surface area contributed by atoms with Crippen molar-refractivity contribution in [3.05, 3.63) is 41.3 Å². The highest BCUT2D eigenvalue weighted by atomic mass is 32.2. The molecule has 1 aromatic rings. The highest BCUT2D eigenvalue weighted by molar-refractivity contribution is 8.04. The van der Waals surface area contributed by atoms with Gasteiger partial charge in [0.2, 0.25) is 0 Å². The average molecular weight is 294 g/mol. The Hall–Kier alpha value is -1.75. The predicted octanol–water partition coefficient (Wildman–Crippen LogP) is 3.18. The number of rotatable bonds is 4. The lowest BCUT2D eigenvalue weighted by Crippen LogP contribution is -2.23. The van der Waals surface area contributed by atoms with Crippen molar-refractivity contribution in [1.29, 1.82) is 0 Å². The van der Waals surface area contributed by atoms with Gasteiger partial charge in [-0.2, -0.15) is 0 Å². The molecule has 0 bridgehead atoms. The van der Waals surface area contributed by atoms with Crippen molar-refractivity contribution < 1.29 is 19.1 Å². The molecule has 20 heavy (non-hydrogen) atoms. The first kappa shape index (κ1) is 16.3. The third kappa shape index (κ3) is 5.93. The van der Waals surface area contributed by atoms with Gasteiger partial charge >= 0.3 is 11.9 Å². The van der Waals surface area contributed by atoms with E-state index in [-0.39, 0.29) is 4.91 Å². The van der Waals surface area contributed by atoms with Crippen LogP contribution in [0.25, 0.3) is 0 Å². The molecular formula is C15H18O4S. The standard InChI is InChI=1S/C15H18O4S/c1-15(2,3)19-13(16)10-12(14(17)18-4)20-11-8-6-5-7-9-11/h5-10H,1-4H3. The van der Waals surface area contributed by atoms with E-state index in [1.807, 2.05) is 30.3 Å². The largest absolute Gasteiger partial charge is 0.465 e. The molecule has 0 N–H and O–H groups in total.